The lowest BCUT2D eigenvalue weighted by atomic mass is 9.99. The summed E-state index contributed by atoms with van der Waals surface area (Å²) in [7, 11) is 0. The number of rotatable bonds is 3. The van der Waals surface area contributed by atoms with E-state index in [0.29, 0.717) is 35.7 Å². The van der Waals surface area contributed by atoms with Gasteiger partial charge in [-0.3, -0.25) is 4.79 Å². The fraction of sp³-hybridized carbons (Fsp3) is 0.200. The van der Waals surface area contributed by atoms with Gasteiger partial charge in [-0.25, -0.2) is 15.8 Å². The molecular formula is C20H21N5O2. The van der Waals surface area contributed by atoms with Crippen LogP contribution in [0.2, 0.25) is 0 Å². The van der Waals surface area contributed by atoms with E-state index in [1.807, 2.05) is 30.3 Å². The second-order valence-corrected chi connectivity index (χ2v) is 6.36. The number of pyridine rings is 1. The number of aromatic nitrogens is 1. The van der Waals surface area contributed by atoms with Gasteiger partial charge in [-0.15, -0.1) is 0 Å². The Hall–Kier alpha value is -3.16. The van der Waals surface area contributed by atoms with E-state index in [0.717, 1.165) is 29.6 Å². The van der Waals surface area contributed by atoms with Crippen LogP contribution in [0.3, 0.4) is 0 Å². The summed E-state index contributed by atoms with van der Waals surface area (Å²) in [6, 6.07) is 13.0. The molecule has 2 aliphatic heterocycles. The number of fused-ring (bicyclic) bond motifs is 1. The summed E-state index contributed by atoms with van der Waals surface area (Å²) in [6.07, 6.45) is 1.63. The molecule has 0 atom stereocenters. The van der Waals surface area contributed by atoms with Crippen LogP contribution in [0, 0.1) is 0 Å². The molecule has 0 unspecified atom stereocenters. The molecule has 2 aromatic rings. The van der Waals surface area contributed by atoms with Gasteiger partial charge in [0.1, 0.15) is 5.82 Å². The molecule has 138 valence electrons. The minimum absolute atomic E-state index is 0.345. The molecule has 0 radical (unpaired) electrons. The molecule has 3 N–H and O–H groups in total. The molecule has 1 aromatic carbocycles. The molecule has 0 bridgehead atoms. The maximum atomic E-state index is 12.9. The zero-order valence-corrected chi connectivity index (χ0v) is 14.9. The number of para-hydroxylation sites is 1. The van der Waals surface area contributed by atoms with Gasteiger partial charge in [0.2, 0.25) is 0 Å². The predicted octanol–water partition coefficient (Wildman–Crippen LogP) is 2.15. The molecule has 7 nitrogen and oxygen atoms in total. The number of hydrogen-bond acceptors (Lipinski definition) is 6. The van der Waals surface area contributed by atoms with Crippen LogP contribution in [0.5, 0.6) is 0 Å². The van der Waals surface area contributed by atoms with Gasteiger partial charge in [0.15, 0.2) is 0 Å². The van der Waals surface area contributed by atoms with Crippen LogP contribution in [-0.4, -0.2) is 37.2 Å². The van der Waals surface area contributed by atoms with Crippen molar-refractivity contribution in [2.45, 2.75) is 0 Å². The fourth-order valence-electron chi connectivity index (χ4n) is 3.15. The molecule has 4 rings (SSSR count). The summed E-state index contributed by atoms with van der Waals surface area (Å²) in [5.74, 6) is 6.53. The van der Waals surface area contributed by atoms with E-state index < -0.39 is 0 Å². The Morgan fingerprint density at radius 2 is 1.93 bits per heavy atom. The lowest BCUT2D eigenvalue weighted by molar-refractivity contribution is -0.114. The highest BCUT2D eigenvalue weighted by atomic mass is 16.5. The molecule has 7 heteroatoms. The first-order chi connectivity index (χ1) is 13.1. The Bertz CT molecular complexity index is 904. The normalized spacial score (nSPS) is 16.3. The van der Waals surface area contributed by atoms with E-state index >= 15 is 0 Å². The van der Waals surface area contributed by atoms with Crippen LogP contribution in [0.1, 0.15) is 5.69 Å². The highest BCUT2D eigenvalue weighted by molar-refractivity contribution is 6.16. The van der Waals surface area contributed by atoms with Crippen molar-refractivity contribution in [2.24, 2.45) is 5.84 Å². The number of amides is 1. The second kappa shape index (κ2) is 7.22. The highest BCUT2D eigenvalue weighted by Crippen LogP contribution is 2.34. The van der Waals surface area contributed by atoms with Crippen molar-refractivity contribution in [3.05, 3.63) is 66.5 Å². The topological polar surface area (TPSA) is 83.7 Å². The largest absolute Gasteiger partial charge is 0.378 e. The van der Waals surface area contributed by atoms with Gasteiger partial charge >= 0.3 is 0 Å². The number of nitrogens with two attached hydrogens (primary N) is 1. The number of ether oxygens (including phenoxy) is 1. The van der Waals surface area contributed by atoms with Crippen LogP contribution in [0.4, 0.5) is 17.2 Å². The SMILES string of the molecule is C=C1C(C(=O)N(N)c2ccccc2)=CNc2ccc(N3CCOCC3)nc21. The maximum absolute atomic E-state index is 12.9. The molecular weight excluding hydrogens is 342 g/mol. The van der Waals surface area contributed by atoms with E-state index in [-0.39, 0.29) is 5.91 Å². The number of hydrazine groups is 1. The Labute approximate surface area is 157 Å². The third-order valence-corrected chi connectivity index (χ3v) is 4.68. The zero-order chi connectivity index (χ0) is 18.8. The number of anilines is 3. The molecule has 1 fully saturated rings. The van der Waals surface area contributed by atoms with E-state index in [1.54, 1.807) is 18.3 Å². The van der Waals surface area contributed by atoms with Crippen molar-refractivity contribution < 1.29 is 9.53 Å². The Morgan fingerprint density at radius 3 is 2.67 bits per heavy atom. The Balaban J connectivity index is 1.59. The number of carbonyl (C=O) groups is 1. The third-order valence-electron chi connectivity index (χ3n) is 4.68. The van der Waals surface area contributed by atoms with Gasteiger partial charge in [0.05, 0.1) is 35.9 Å². The van der Waals surface area contributed by atoms with Crippen molar-refractivity contribution in [3.8, 4) is 0 Å². The molecule has 27 heavy (non-hydrogen) atoms. The van der Waals surface area contributed by atoms with Crippen molar-refractivity contribution in [1.82, 2.24) is 4.98 Å². The van der Waals surface area contributed by atoms with Gasteiger partial charge in [-0.05, 0) is 24.3 Å². The highest BCUT2D eigenvalue weighted by Gasteiger charge is 2.26. The average molecular weight is 363 g/mol. The average Bonchev–Trinajstić information content (AvgIpc) is 2.74. The number of benzene rings is 1. The Morgan fingerprint density at radius 1 is 1.19 bits per heavy atom. The second-order valence-electron chi connectivity index (χ2n) is 6.36. The Kier molecular flexibility index (Phi) is 4.62. The predicted molar refractivity (Wildman–Crippen MR) is 106 cm³/mol. The lowest BCUT2D eigenvalue weighted by Crippen LogP contribution is -2.39. The number of nitrogens with zero attached hydrogens (tertiary/aromatic N) is 3. The first-order valence-electron chi connectivity index (χ1n) is 8.79. The number of carbonyl (C=O) groups excluding carboxylic acids is 1. The minimum atomic E-state index is -0.345. The number of hydrogen-bond donors (Lipinski definition) is 2. The van der Waals surface area contributed by atoms with Gasteiger partial charge in [-0.2, -0.15) is 0 Å². The van der Waals surface area contributed by atoms with Gasteiger partial charge in [0, 0.05) is 24.9 Å². The number of nitrogens with one attached hydrogen (secondary N) is 1. The van der Waals surface area contributed by atoms with Gasteiger partial charge in [0.25, 0.3) is 5.91 Å². The summed E-state index contributed by atoms with van der Waals surface area (Å²) in [6.45, 7) is 7.05. The summed E-state index contributed by atoms with van der Waals surface area (Å²) < 4.78 is 5.40. The van der Waals surface area contributed by atoms with E-state index in [1.165, 1.54) is 0 Å². The summed E-state index contributed by atoms with van der Waals surface area (Å²) in [4.78, 5) is 19.8. The maximum Gasteiger partial charge on any atom is 0.274 e. The van der Waals surface area contributed by atoms with Gasteiger partial charge < -0.3 is 15.0 Å². The van der Waals surface area contributed by atoms with Crippen LogP contribution in [-0.2, 0) is 9.53 Å². The van der Waals surface area contributed by atoms with Crippen molar-refractivity contribution in [3.63, 3.8) is 0 Å². The zero-order valence-electron chi connectivity index (χ0n) is 14.9. The molecule has 1 amide bonds. The van der Waals surface area contributed by atoms with E-state index in [2.05, 4.69) is 16.8 Å². The van der Waals surface area contributed by atoms with Crippen LogP contribution < -0.4 is 21.1 Å². The third kappa shape index (κ3) is 3.30. The van der Waals surface area contributed by atoms with E-state index in [9.17, 15) is 4.79 Å². The fourth-order valence-corrected chi connectivity index (χ4v) is 3.15. The van der Waals surface area contributed by atoms with Crippen molar-refractivity contribution in [2.75, 3.05) is 41.5 Å². The minimum Gasteiger partial charge on any atom is -0.378 e. The lowest BCUT2D eigenvalue weighted by Gasteiger charge is -2.29. The van der Waals surface area contributed by atoms with Crippen molar-refractivity contribution >= 4 is 28.7 Å². The molecule has 0 saturated carbocycles. The van der Waals surface area contributed by atoms with E-state index in [4.69, 9.17) is 15.6 Å². The molecule has 0 spiro atoms. The monoisotopic (exact) mass is 363 g/mol. The van der Waals surface area contributed by atoms with Crippen LogP contribution >= 0.6 is 0 Å². The first-order valence-corrected chi connectivity index (χ1v) is 8.79. The molecule has 2 aliphatic rings. The quantitative estimate of drug-likeness (QED) is 0.494. The van der Waals surface area contributed by atoms with Crippen molar-refractivity contribution in [1.29, 1.82) is 0 Å². The van der Waals surface area contributed by atoms with Crippen LogP contribution in [0.25, 0.3) is 5.57 Å². The number of morpholine rings is 1. The van der Waals surface area contributed by atoms with Crippen LogP contribution in [0.15, 0.2) is 60.8 Å². The molecule has 0 aliphatic carbocycles. The molecule has 3 heterocycles. The molecule has 1 saturated heterocycles. The smallest absolute Gasteiger partial charge is 0.274 e. The first kappa shape index (κ1) is 17.3. The summed E-state index contributed by atoms with van der Waals surface area (Å²) in [5.41, 5.74) is 3.02. The summed E-state index contributed by atoms with van der Waals surface area (Å²) >= 11 is 0. The van der Waals surface area contributed by atoms with Gasteiger partial charge in [-0.1, -0.05) is 24.8 Å². The standard InChI is InChI=1S/C20H21N5O2/c1-14-16(20(26)25(21)15-5-3-2-4-6-15)13-22-17-7-8-18(23-19(14)17)24-9-11-27-12-10-24/h2-8,13,22H,1,9-12,21H2. The molecule has 1 aromatic heterocycles. The summed E-state index contributed by atoms with van der Waals surface area (Å²) in [5, 5.41) is 4.25.